The summed E-state index contributed by atoms with van der Waals surface area (Å²) in [6.07, 6.45) is 4.65. The van der Waals surface area contributed by atoms with Gasteiger partial charge in [0.05, 0.1) is 0 Å². The van der Waals surface area contributed by atoms with Crippen molar-refractivity contribution in [2.45, 2.75) is 11.3 Å². The smallest absolute Gasteiger partial charge is 0.137 e. The molecule has 3 nitrogen and oxygen atoms in total. The van der Waals surface area contributed by atoms with Crippen molar-refractivity contribution in [1.29, 1.82) is 0 Å². The first-order valence-corrected chi connectivity index (χ1v) is 7.30. The number of hydrogen-bond acceptors (Lipinski definition) is 4. The van der Waals surface area contributed by atoms with Crippen LogP contribution in [0.5, 0.6) is 0 Å². The number of thioether (sulfide) groups is 1. The number of aromatic nitrogens is 2. The van der Waals surface area contributed by atoms with Gasteiger partial charge in [0.1, 0.15) is 17.3 Å². The highest BCUT2D eigenvalue weighted by atomic mass is 35.5. The van der Waals surface area contributed by atoms with Crippen molar-refractivity contribution in [2.24, 2.45) is 0 Å². The highest BCUT2D eigenvalue weighted by molar-refractivity contribution is 7.98. The van der Waals surface area contributed by atoms with E-state index in [4.69, 9.17) is 11.6 Å². The third-order valence-electron chi connectivity index (χ3n) is 3.08. The van der Waals surface area contributed by atoms with Gasteiger partial charge in [0.15, 0.2) is 0 Å². The molecule has 0 saturated heterocycles. The summed E-state index contributed by atoms with van der Waals surface area (Å²) < 4.78 is 0. The number of fused-ring (bicyclic) bond motifs is 1. The summed E-state index contributed by atoms with van der Waals surface area (Å²) in [7, 11) is 0. The first-order chi connectivity index (χ1) is 8.78. The minimum Gasteiger partial charge on any atom is -0.326 e. The molecule has 0 amide bonds. The number of nitrogens with zero attached hydrogens (tertiary/aromatic N) is 3. The topological polar surface area (TPSA) is 29.0 Å². The van der Waals surface area contributed by atoms with Crippen molar-refractivity contribution in [3.05, 3.63) is 41.3 Å². The van der Waals surface area contributed by atoms with Crippen LogP contribution >= 0.6 is 23.4 Å². The second-order valence-corrected chi connectivity index (χ2v) is 5.36. The average molecular weight is 278 g/mol. The van der Waals surface area contributed by atoms with Crippen molar-refractivity contribution >= 4 is 34.9 Å². The number of anilines is 2. The summed E-state index contributed by atoms with van der Waals surface area (Å²) in [5, 5.41) is 0.481. The van der Waals surface area contributed by atoms with Crippen LogP contribution < -0.4 is 4.90 Å². The van der Waals surface area contributed by atoms with Gasteiger partial charge in [-0.3, -0.25) is 0 Å². The van der Waals surface area contributed by atoms with E-state index in [0.717, 1.165) is 18.8 Å². The summed E-state index contributed by atoms with van der Waals surface area (Å²) in [5.74, 6) is 0.866. The molecule has 0 spiro atoms. The molecule has 2 aromatic rings. The minimum absolute atomic E-state index is 0.481. The maximum Gasteiger partial charge on any atom is 0.137 e. The highest BCUT2D eigenvalue weighted by Gasteiger charge is 2.21. The molecule has 0 bridgehead atoms. The molecule has 18 heavy (non-hydrogen) atoms. The summed E-state index contributed by atoms with van der Waals surface area (Å²) in [5.41, 5.74) is 2.60. The molecule has 0 fully saturated rings. The average Bonchev–Trinajstić information content (AvgIpc) is 2.81. The zero-order valence-electron chi connectivity index (χ0n) is 9.93. The Bertz CT molecular complexity index is 588. The van der Waals surface area contributed by atoms with Crippen LogP contribution in [0.25, 0.3) is 0 Å². The lowest BCUT2D eigenvalue weighted by Crippen LogP contribution is -2.14. The maximum absolute atomic E-state index is 5.92. The Morgan fingerprint density at radius 2 is 2.17 bits per heavy atom. The maximum atomic E-state index is 5.92. The van der Waals surface area contributed by atoms with Crippen LogP contribution in [-0.2, 0) is 6.42 Å². The van der Waals surface area contributed by atoms with Gasteiger partial charge in [0.2, 0.25) is 0 Å². The standard InChI is InChI=1S/C13H12ClN3S/c1-18-10-2-3-11-9(6-10)4-5-17(11)13-7-12(14)15-8-16-13/h2-3,6-8H,4-5H2,1H3. The van der Waals surface area contributed by atoms with E-state index < -0.39 is 0 Å². The van der Waals surface area contributed by atoms with Gasteiger partial charge in [0.25, 0.3) is 0 Å². The zero-order valence-corrected chi connectivity index (χ0v) is 11.5. The molecule has 1 aromatic carbocycles. The van der Waals surface area contributed by atoms with Crippen molar-refractivity contribution in [2.75, 3.05) is 17.7 Å². The normalized spacial score (nSPS) is 13.8. The van der Waals surface area contributed by atoms with E-state index in [1.54, 1.807) is 17.8 Å². The van der Waals surface area contributed by atoms with Gasteiger partial charge >= 0.3 is 0 Å². The summed E-state index contributed by atoms with van der Waals surface area (Å²) in [6.45, 7) is 0.945. The monoisotopic (exact) mass is 277 g/mol. The summed E-state index contributed by atoms with van der Waals surface area (Å²) >= 11 is 7.69. The second kappa shape index (κ2) is 4.78. The molecule has 0 N–H and O–H groups in total. The van der Waals surface area contributed by atoms with Crippen LogP contribution in [0.15, 0.2) is 35.5 Å². The lowest BCUT2D eigenvalue weighted by Gasteiger charge is -2.18. The van der Waals surface area contributed by atoms with E-state index in [9.17, 15) is 0 Å². The largest absolute Gasteiger partial charge is 0.326 e. The Hall–Kier alpha value is -1.26. The van der Waals surface area contributed by atoms with E-state index in [1.807, 2.05) is 0 Å². The molecule has 1 aliphatic heterocycles. The number of benzene rings is 1. The fourth-order valence-electron chi connectivity index (χ4n) is 2.21. The van der Waals surface area contributed by atoms with E-state index in [0.29, 0.717) is 5.15 Å². The van der Waals surface area contributed by atoms with E-state index in [1.165, 1.54) is 22.5 Å². The van der Waals surface area contributed by atoms with Crippen LogP contribution in [0.3, 0.4) is 0 Å². The molecule has 1 aromatic heterocycles. The SMILES string of the molecule is CSc1ccc2c(c1)CCN2c1cc(Cl)ncn1. The van der Waals surface area contributed by atoms with Gasteiger partial charge in [-0.15, -0.1) is 11.8 Å². The van der Waals surface area contributed by atoms with Crippen molar-refractivity contribution < 1.29 is 0 Å². The van der Waals surface area contributed by atoms with Gasteiger partial charge in [0, 0.05) is 23.2 Å². The Morgan fingerprint density at radius 1 is 1.28 bits per heavy atom. The number of hydrogen-bond donors (Lipinski definition) is 0. The van der Waals surface area contributed by atoms with E-state index >= 15 is 0 Å². The quantitative estimate of drug-likeness (QED) is 0.620. The molecular weight excluding hydrogens is 266 g/mol. The van der Waals surface area contributed by atoms with Gasteiger partial charge in [-0.1, -0.05) is 11.6 Å². The van der Waals surface area contributed by atoms with Crippen molar-refractivity contribution in [3.63, 3.8) is 0 Å². The third-order valence-corrected chi connectivity index (χ3v) is 4.01. The van der Waals surface area contributed by atoms with E-state index in [2.05, 4.69) is 39.3 Å². The van der Waals surface area contributed by atoms with Crippen LogP contribution in [0.4, 0.5) is 11.5 Å². The summed E-state index contributed by atoms with van der Waals surface area (Å²) in [4.78, 5) is 11.7. The Morgan fingerprint density at radius 3 is 2.94 bits per heavy atom. The Labute approximate surface area is 115 Å². The van der Waals surface area contributed by atoms with Gasteiger partial charge in [-0.05, 0) is 36.4 Å². The Kier molecular flexibility index (Phi) is 3.14. The Balaban J connectivity index is 2.00. The first kappa shape index (κ1) is 11.8. The molecular formula is C13H12ClN3S. The van der Waals surface area contributed by atoms with Crippen LogP contribution in [0.2, 0.25) is 5.15 Å². The van der Waals surface area contributed by atoms with Crippen LogP contribution in [-0.4, -0.2) is 22.8 Å². The lowest BCUT2D eigenvalue weighted by atomic mass is 10.2. The molecule has 2 heterocycles. The lowest BCUT2D eigenvalue weighted by molar-refractivity contribution is 0.964. The van der Waals surface area contributed by atoms with Gasteiger partial charge in [-0.25, -0.2) is 9.97 Å². The second-order valence-electron chi connectivity index (χ2n) is 4.10. The highest BCUT2D eigenvalue weighted by Crippen LogP contribution is 2.35. The fraction of sp³-hybridized carbons (Fsp3) is 0.231. The molecule has 0 radical (unpaired) electrons. The first-order valence-electron chi connectivity index (χ1n) is 5.70. The number of rotatable bonds is 2. The molecule has 0 unspecified atom stereocenters. The zero-order chi connectivity index (χ0) is 12.5. The predicted molar refractivity (Wildman–Crippen MR) is 76.0 cm³/mol. The molecule has 3 rings (SSSR count). The molecule has 0 atom stereocenters. The molecule has 1 aliphatic rings. The predicted octanol–water partition coefficient (Wildman–Crippen LogP) is 3.55. The van der Waals surface area contributed by atoms with Gasteiger partial charge in [-0.2, -0.15) is 0 Å². The molecule has 0 saturated carbocycles. The van der Waals surface area contributed by atoms with Crippen molar-refractivity contribution in [1.82, 2.24) is 9.97 Å². The van der Waals surface area contributed by atoms with E-state index in [-0.39, 0.29) is 0 Å². The molecule has 5 heteroatoms. The van der Waals surface area contributed by atoms with Crippen LogP contribution in [0, 0.1) is 0 Å². The third kappa shape index (κ3) is 2.06. The van der Waals surface area contributed by atoms with Crippen molar-refractivity contribution in [3.8, 4) is 0 Å². The molecule has 92 valence electrons. The minimum atomic E-state index is 0.481. The summed E-state index contributed by atoms with van der Waals surface area (Å²) in [6, 6.07) is 8.36. The molecule has 0 aliphatic carbocycles. The van der Waals surface area contributed by atoms with Gasteiger partial charge < -0.3 is 4.90 Å². The van der Waals surface area contributed by atoms with Crippen LogP contribution in [0.1, 0.15) is 5.56 Å². The number of halogens is 1. The fourth-order valence-corrected chi connectivity index (χ4v) is 2.82.